The van der Waals surface area contributed by atoms with Crippen LogP contribution < -0.4 is 4.90 Å². The molecule has 2 heterocycles. The Kier molecular flexibility index (Phi) is 9.40. The lowest BCUT2D eigenvalue weighted by Gasteiger charge is -2.26. The van der Waals surface area contributed by atoms with Gasteiger partial charge in [-0.05, 0) is 129 Å². The lowest BCUT2D eigenvalue weighted by molar-refractivity contribution is 1.18. The third kappa shape index (κ3) is 6.79. The molecule has 0 bridgehead atoms. The number of hydrogen-bond donors (Lipinski definition) is 0. The van der Waals surface area contributed by atoms with Crippen LogP contribution in [0.4, 0.5) is 17.1 Å². The van der Waals surface area contributed by atoms with E-state index in [1.54, 1.807) is 0 Å². The van der Waals surface area contributed by atoms with Gasteiger partial charge in [0.1, 0.15) is 0 Å². The van der Waals surface area contributed by atoms with Gasteiger partial charge in [-0.15, -0.1) is 11.3 Å². The lowest BCUT2D eigenvalue weighted by Crippen LogP contribution is -2.09. The number of thiophene rings is 1. The molecule has 0 saturated carbocycles. The summed E-state index contributed by atoms with van der Waals surface area (Å²) in [6.45, 7) is 0. The third-order valence-corrected chi connectivity index (χ3v) is 14.5. The summed E-state index contributed by atoms with van der Waals surface area (Å²) >= 11 is 1.86. The number of fused-ring (bicyclic) bond motifs is 7. The summed E-state index contributed by atoms with van der Waals surface area (Å²) in [6, 6.07) is 93.1. The summed E-state index contributed by atoms with van der Waals surface area (Å²) < 4.78 is 5.05. The van der Waals surface area contributed by atoms with Crippen LogP contribution in [-0.2, 0) is 0 Å². The van der Waals surface area contributed by atoms with Crippen LogP contribution in [0.3, 0.4) is 0 Å². The molecule has 2 aromatic heterocycles. The average molecular weight is 871 g/mol. The Morgan fingerprint density at radius 3 is 1.48 bits per heavy atom. The van der Waals surface area contributed by atoms with E-state index in [9.17, 15) is 0 Å². The first-order chi connectivity index (χ1) is 33.2. The normalized spacial score (nSPS) is 11.6. The number of anilines is 3. The summed E-state index contributed by atoms with van der Waals surface area (Å²) in [7, 11) is 0. The van der Waals surface area contributed by atoms with Crippen molar-refractivity contribution >= 4 is 81.1 Å². The highest BCUT2D eigenvalue weighted by Crippen LogP contribution is 2.43. The monoisotopic (exact) mass is 870 g/mol. The van der Waals surface area contributed by atoms with Gasteiger partial charge in [0.15, 0.2) is 0 Å². The molecule has 13 rings (SSSR count). The maximum atomic E-state index is 2.42. The summed E-state index contributed by atoms with van der Waals surface area (Å²) in [5.41, 5.74) is 16.4. The van der Waals surface area contributed by atoms with Crippen molar-refractivity contribution in [3.05, 3.63) is 255 Å². The second-order valence-corrected chi connectivity index (χ2v) is 18.4. The molecule has 13 aromatic rings. The Morgan fingerprint density at radius 1 is 0.299 bits per heavy atom. The first-order valence-electron chi connectivity index (χ1n) is 22.9. The molecule has 0 aliphatic carbocycles. The Morgan fingerprint density at radius 2 is 0.776 bits per heavy atom. The van der Waals surface area contributed by atoms with Crippen LogP contribution in [0.1, 0.15) is 0 Å². The van der Waals surface area contributed by atoms with E-state index in [1.165, 1.54) is 91.7 Å². The third-order valence-electron chi connectivity index (χ3n) is 13.4. The molecule has 0 radical (unpaired) electrons. The maximum Gasteiger partial charge on any atom is 0.0541 e. The number of para-hydroxylation sites is 3. The highest BCUT2D eigenvalue weighted by atomic mass is 32.1. The van der Waals surface area contributed by atoms with Crippen molar-refractivity contribution in [1.29, 1.82) is 0 Å². The molecule has 0 aliphatic heterocycles. The second-order valence-electron chi connectivity index (χ2n) is 17.3. The Balaban J connectivity index is 0.893. The Bertz CT molecular complexity index is 3920. The zero-order chi connectivity index (χ0) is 44.3. The second kappa shape index (κ2) is 16.2. The molecule has 67 heavy (non-hydrogen) atoms. The fourth-order valence-electron chi connectivity index (χ4n) is 10.2. The summed E-state index contributed by atoms with van der Waals surface area (Å²) in [5.74, 6) is 0. The van der Waals surface area contributed by atoms with E-state index >= 15 is 0 Å². The van der Waals surface area contributed by atoms with Gasteiger partial charge >= 0.3 is 0 Å². The van der Waals surface area contributed by atoms with Crippen LogP contribution in [0.5, 0.6) is 0 Å². The summed E-state index contributed by atoms with van der Waals surface area (Å²) in [6.07, 6.45) is 0. The number of rotatable bonds is 8. The molecule has 0 spiro atoms. The predicted octanol–water partition coefficient (Wildman–Crippen LogP) is 18.4. The zero-order valence-electron chi connectivity index (χ0n) is 36.6. The molecule has 0 saturated heterocycles. The fourth-order valence-corrected chi connectivity index (χ4v) is 11.3. The van der Waals surface area contributed by atoms with E-state index < -0.39 is 0 Å². The van der Waals surface area contributed by atoms with E-state index in [0.717, 1.165) is 28.3 Å². The fraction of sp³-hybridized carbons (Fsp3) is 0. The molecule has 0 unspecified atom stereocenters. The van der Waals surface area contributed by atoms with E-state index in [1.807, 2.05) is 11.3 Å². The van der Waals surface area contributed by atoms with Gasteiger partial charge in [0.25, 0.3) is 0 Å². The molecule has 2 nitrogen and oxygen atoms in total. The largest absolute Gasteiger partial charge is 0.311 e. The van der Waals surface area contributed by atoms with Crippen LogP contribution in [0, 0.1) is 0 Å². The van der Waals surface area contributed by atoms with E-state index in [2.05, 4.69) is 264 Å². The average Bonchev–Trinajstić information content (AvgIpc) is 3.95. The molecule has 11 aromatic carbocycles. The highest BCUT2D eigenvalue weighted by molar-refractivity contribution is 7.25. The van der Waals surface area contributed by atoms with Crippen molar-refractivity contribution < 1.29 is 0 Å². The van der Waals surface area contributed by atoms with Gasteiger partial charge in [-0.25, -0.2) is 0 Å². The SMILES string of the molecule is c1cc(-c2ccc(N(c3ccc(-c4ccccc4-n4c5ccccc5c5ccccc54)cc3)c3ccc(-c4cccc5sc6ccccc6c45)cc3)cc2)cc(-c2ccc3ccccc3c2)c1. The summed E-state index contributed by atoms with van der Waals surface area (Å²) in [4.78, 5) is 2.38. The molecule has 0 atom stereocenters. The molecular formula is C64H42N2S. The van der Waals surface area contributed by atoms with Gasteiger partial charge in [-0.3, -0.25) is 0 Å². The number of hydrogen-bond acceptors (Lipinski definition) is 2. The van der Waals surface area contributed by atoms with Crippen molar-refractivity contribution in [1.82, 2.24) is 4.57 Å². The van der Waals surface area contributed by atoms with Gasteiger partial charge < -0.3 is 9.47 Å². The van der Waals surface area contributed by atoms with Crippen molar-refractivity contribution in [2.45, 2.75) is 0 Å². The van der Waals surface area contributed by atoms with E-state index in [4.69, 9.17) is 0 Å². The molecular weight excluding hydrogens is 829 g/mol. The quantitative estimate of drug-likeness (QED) is 0.148. The van der Waals surface area contributed by atoms with Crippen LogP contribution >= 0.6 is 11.3 Å². The lowest BCUT2D eigenvalue weighted by atomic mass is 9.97. The first-order valence-corrected chi connectivity index (χ1v) is 23.7. The molecule has 314 valence electrons. The minimum absolute atomic E-state index is 1.09. The van der Waals surface area contributed by atoms with Gasteiger partial charge in [-0.1, -0.05) is 176 Å². The van der Waals surface area contributed by atoms with Crippen LogP contribution in [0.2, 0.25) is 0 Å². The topological polar surface area (TPSA) is 8.17 Å². The van der Waals surface area contributed by atoms with Gasteiger partial charge in [-0.2, -0.15) is 0 Å². The van der Waals surface area contributed by atoms with Gasteiger partial charge in [0.05, 0.1) is 16.7 Å². The maximum absolute atomic E-state index is 2.42. The number of benzene rings is 11. The molecule has 0 amide bonds. The molecule has 3 heteroatoms. The smallest absolute Gasteiger partial charge is 0.0541 e. The Hall–Kier alpha value is -8.50. The number of nitrogens with zero attached hydrogens (tertiary/aromatic N) is 2. The standard InChI is InChI=1S/C64H42N2S/c1-2-14-47-42-50(28-27-43(47)13-1)49-16-11-15-48(41-49)44-29-35-51(36-30-44)65(53-39-33-46(34-40-53)55-21-12-26-63-64(55)58-20-6-10-25-62(58)67-63)52-37-31-45(32-38-52)54-17-3-7-22-59(54)66-60-23-8-4-18-56(60)57-19-5-9-24-61(57)66/h1-42H. The van der Waals surface area contributed by atoms with Crippen molar-refractivity contribution in [2.24, 2.45) is 0 Å². The van der Waals surface area contributed by atoms with E-state index in [0.29, 0.717) is 0 Å². The minimum atomic E-state index is 1.09. The molecule has 0 N–H and O–H groups in total. The summed E-state index contributed by atoms with van der Waals surface area (Å²) in [5, 5.41) is 7.66. The van der Waals surface area contributed by atoms with Crippen LogP contribution in [-0.4, -0.2) is 4.57 Å². The van der Waals surface area contributed by atoms with Crippen LogP contribution in [0.15, 0.2) is 255 Å². The van der Waals surface area contributed by atoms with Crippen LogP contribution in [0.25, 0.3) is 103 Å². The Labute approximate surface area is 393 Å². The van der Waals surface area contributed by atoms with E-state index in [-0.39, 0.29) is 0 Å². The van der Waals surface area contributed by atoms with Crippen molar-refractivity contribution in [2.75, 3.05) is 4.90 Å². The van der Waals surface area contributed by atoms with Crippen molar-refractivity contribution in [3.63, 3.8) is 0 Å². The zero-order valence-corrected chi connectivity index (χ0v) is 37.4. The van der Waals surface area contributed by atoms with Gasteiger partial charge in [0.2, 0.25) is 0 Å². The predicted molar refractivity (Wildman–Crippen MR) is 288 cm³/mol. The first kappa shape index (κ1) is 38.9. The van der Waals surface area contributed by atoms with Gasteiger partial charge in [0, 0.05) is 53.6 Å². The number of aromatic nitrogens is 1. The molecule has 0 aliphatic rings. The van der Waals surface area contributed by atoms with Crippen molar-refractivity contribution in [3.8, 4) is 50.2 Å². The minimum Gasteiger partial charge on any atom is -0.311 e. The highest BCUT2D eigenvalue weighted by Gasteiger charge is 2.18. The molecule has 0 fully saturated rings.